The predicted molar refractivity (Wildman–Crippen MR) is 78.1 cm³/mol. The second-order valence-electron chi connectivity index (χ2n) is 4.60. The molecule has 4 nitrogen and oxygen atoms in total. The van der Waals surface area contributed by atoms with Crippen LogP contribution in [-0.2, 0) is 4.79 Å². The molecule has 0 spiro atoms. The summed E-state index contributed by atoms with van der Waals surface area (Å²) in [6.45, 7) is 2.27. The third-order valence-electron chi connectivity index (χ3n) is 3.49. The van der Waals surface area contributed by atoms with Gasteiger partial charge in [-0.25, -0.2) is 0 Å². The van der Waals surface area contributed by atoms with Gasteiger partial charge in [0.25, 0.3) is 5.91 Å². The van der Waals surface area contributed by atoms with Gasteiger partial charge in [0, 0.05) is 21.5 Å². The standard InChI is InChI=1S/C13H13Br2NO3/c1-7-9(13(18)19)4-5-16(7)12(17)10-6-8(14)2-3-11(10)15/h2-3,6-7,9H,4-5H2,1H3,(H,18,19). The maximum absolute atomic E-state index is 12.5. The summed E-state index contributed by atoms with van der Waals surface area (Å²) in [5.41, 5.74) is 0.548. The molecular formula is C13H13Br2NO3. The largest absolute Gasteiger partial charge is 0.481 e. The van der Waals surface area contributed by atoms with Crippen molar-refractivity contribution in [2.75, 3.05) is 6.54 Å². The van der Waals surface area contributed by atoms with Crippen LogP contribution in [0.4, 0.5) is 0 Å². The molecule has 0 saturated carbocycles. The first-order valence-electron chi connectivity index (χ1n) is 5.90. The number of aliphatic carboxylic acids is 1. The number of rotatable bonds is 2. The van der Waals surface area contributed by atoms with Gasteiger partial charge in [-0.1, -0.05) is 15.9 Å². The molecule has 2 atom stereocenters. The predicted octanol–water partition coefficient (Wildman–Crippen LogP) is 3.15. The summed E-state index contributed by atoms with van der Waals surface area (Å²) >= 11 is 6.70. The number of benzene rings is 1. The Hall–Kier alpha value is -0.880. The summed E-state index contributed by atoms with van der Waals surface area (Å²) in [6, 6.07) is 5.10. The van der Waals surface area contributed by atoms with E-state index in [0.717, 1.165) is 4.47 Å². The number of nitrogens with zero attached hydrogens (tertiary/aromatic N) is 1. The van der Waals surface area contributed by atoms with E-state index in [9.17, 15) is 9.59 Å². The number of carboxylic acid groups (broad SMARTS) is 1. The van der Waals surface area contributed by atoms with E-state index in [2.05, 4.69) is 31.9 Å². The third kappa shape index (κ3) is 2.84. The molecule has 102 valence electrons. The Morgan fingerprint density at radius 2 is 2.05 bits per heavy atom. The zero-order valence-corrected chi connectivity index (χ0v) is 13.4. The lowest BCUT2D eigenvalue weighted by Crippen LogP contribution is -2.37. The fourth-order valence-electron chi connectivity index (χ4n) is 2.37. The van der Waals surface area contributed by atoms with Crippen molar-refractivity contribution in [2.24, 2.45) is 5.92 Å². The van der Waals surface area contributed by atoms with E-state index in [1.807, 2.05) is 6.07 Å². The summed E-state index contributed by atoms with van der Waals surface area (Å²) in [6.07, 6.45) is 0.508. The molecule has 1 saturated heterocycles. The molecule has 0 radical (unpaired) electrons. The van der Waals surface area contributed by atoms with Crippen molar-refractivity contribution in [1.82, 2.24) is 4.90 Å². The molecule has 1 aliphatic heterocycles. The number of hydrogen-bond donors (Lipinski definition) is 1. The zero-order valence-electron chi connectivity index (χ0n) is 10.3. The van der Waals surface area contributed by atoms with Crippen molar-refractivity contribution in [3.63, 3.8) is 0 Å². The molecule has 2 rings (SSSR count). The molecule has 0 aliphatic carbocycles. The van der Waals surface area contributed by atoms with Gasteiger partial charge in [-0.05, 0) is 47.5 Å². The first kappa shape index (κ1) is 14.5. The van der Waals surface area contributed by atoms with E-state index in [1.54, 1.807) is 24.0 Å². The van der Waals surface area contributed by atoms with Crippen LogP contribution in [0.5, 0.6) is 0 Å². The van der Waals surface area contributed by atoms with Crippen LogP contribution in [0, 0.1) is 5.92 Å². The van der Waals surface area contributed by atoms with Gasteiger partial charge in [-0.15, -0.1) is 0 Å². The minimum atomic E-state index is -0.837. The monoisotopic (exact) mass is 389 g/mol. The molecule has 1 amide bonds. The minimum absolute atomic E-state index is 0.135. The number of hydrogen-bond acceptors (Lipinski definition) is 2. The average Bonchev–Trinajstić information content (AvgIpc) is 2.73. The van der Waals surface area contributed by atoms with Crippen molar-refractivity contribution < 1.29 is 14.7 Å². The van der Waals surface area contributed by atoms with Crippen molar-refractivity contribution in [3.05, 3.63) is 32.7 Å². The van der Waals surface area contributed by atoms with E-state index < -0.39 is 11.9 Å². The highest BCUT2D eigenvalue weighted by Gasteiger charge is 2.38. The van der Waals surface area contributed by atoms with E-state index in [1.165, 1.54) is 0 Å². The molecule has 0 bridgehead atoms. The van der Waals surface area contributed by atoms with Gasteiger partial charge in [0.2, 0.25) is 0 Å². The zero-order chi connectivity index (χ0) is 14.2. The Morgan fingerprint density at radius 1 is 1.37 bits per heavy atom. The lowest BCUT2D eigenvalue weighted by molar-refractivity contribution is -0.142. The average molecular weight is 391 g/mol. The molecule has 2 unspecified atom stereocenters. The molecule has 1 aromatic carbocycles. The molecule has 1 heterocycles. The summed E-state index contributed by atoms with van der Waals surface area (Å²) in [4.78, 5) is 25.2. The number of likely N-dealkylation sites (tertiary alicyclic amines) is 1. The number of carbonyl (C=O) groups excluding carboxylic acids is 1. The van der Waals surface area contributed by atoms with E-state index >= 15 is 0 Å². The van der Waals surface area contributed by atoms with E-state index in [0.29, 0.717) is 23.0 Å². The quantitative estimate of drug-likeness (QED) is 0.843. The first-order chi connectivity index (χ1) is 8.91. The molecule has 1 N–H and O–H groups in total. The first-order valence-corrected chi connectivity index (χ1v) is 7.49. The topological polar surface area (TPSA) is 57.6 Å². The van der Waals surface area contributed by atoms with Crippen molar-refractivity contribution in [3.8, 4) is 0 Å². The van der Waals surface area contributed by atoms with Crippen LogP contribution in [0.3, 0.4) is 0 Å². The van der Waals surface area contributed by atoms with Crippen LogP contribution in [0.15, 0.2) is 27.1 Å². The van der Waals surface area contributed by atoms with Crippen LogP contribution < -0.4 is 0 Å². The lowest BCUT2D eigenvalue weighted by atomic mass is 10.0. The Morgan fingerprint density at radius 3 is 2.63 bits per heavy atom. The van der Waals surface area contributed by atoms with Crippen LogP contribution >= 0.6 is 31.9 Å². The molecular weight excluding hydrogens is 378 g/mol. The summed E-state index contributed by atoms with van der Waals surface area (Å²) in [5, 5.41) is 9.10. The molecule has 0 aromatic heterocycles. The Kier molecular flexibility index (Phi) is 4.30. The lowest BCUT2D eigenvalue weighted by Gasteiger charge is -2.24. The summed E-state index contributed by atoms with van der Waals surface area (Å²) < 4.78 is 1.53. The summed E-state index contributed by atoms with van der Waals surface area (Å²) in [7, 11) is 0. The molecule has 1 aliphatic rings. The molecule has 19 heavy (non-hydrogen) atoms. The van der Waals surface area contributed by atoms with Crippen LogP contribution in [0.25, 0.3) is 0 Å². The van der Waals surface area contributed by atoms with Crippen LogP contribution in [0.1, 0.15) is 23.7 Å². The Labute approximate surface area is 128 Å². The fraction of sp³-hybridized carbons (Fsp3) is 0.385. The number of carboxylic acids is 1. The highest BCUT2D eigenvalue weighted by Crippen LogP contribution is 2.29. The number of carbonyl (C=O) groups is 2. The van der Waals surface area contributed by atoms with Gasteiger partial charge in [-0.2, -0.15) is 0 Å². The maximum Gasteiger partial charge on any atom is 0.308 e. The molecule has 6 heteroatoms. The van der Waals surface area contributed by atoms with Gasteiger partial charge in [0.1, 0.15) is 0 Å². The number of halogens is 2. The summed E-state index contributed by atoms with van der Waals surface area (Å²) in [5.74, 6) is -1.45. The van der Waals surface area contributed by atoms with Crippen molar-refractivity contribution in [1.29, 1.82) is 0 Å². The second kappa shape index (κ2) is 5.63. The Bertz CT molecular complexity index is 533. The minimum Gasteiger partial charge on any atom is -0.481 e. The third-order valence-corrected chi connectivity index (χ3v) is 4.68. The van der Waals surface area contributed by atoms with Crippen LogP contribution in [-0.4, -0.2) is 34.5 Å². The van der Waals surface area contributed by atoms with Crippen LogP contribution in [0.2, 0.25) is 0 Å². The maximum atomic E-state index is 12.5. The molecule has 1 fully saturated rings. The second-order valence-corrected chi connectivity index (χ2v) is 6.37. The smallest absolute Gasteiger partial charge is 0.308 e. The van der Waals surface area contributed by atoms with E-state index in [4.69, 9.17) is 5.11 Å². The fourth-order valence-corrected chi connectivity index (χ4v) is 3.15. The highest BCUT2D eigenvalue weighted by molar-refractivity contribution is 9.11. The Balaban J connectivity index is 2.26. The SMILES string of the molecule is CC1C(C(=O)O)CCN1C(=O)c1cc(Br)ccc1Br. The van der Waals surface area contributed by atoms with Gasteiger partial charge in [-0.3, -0.25) is 9.59 Å². The van der Waals surface area contributed by atoms with Crippen molar-refractivity contribution in [2.45, 2.75) is 19.4 Å². The van der Waals surface area contributed by atoms with Gasteiger partial charge in [0.15, 0.2) is 0 Å². The number of amides is 1. The van der Waals surface area contributed by atoms with Crippen molar-refractivity contribution >= 4 is 43.7 Å². The highest BCUT2D eigenvalue weighted by atomic mass is 79.9. The van der Waals surface area contributed by atoms with Gasteiger partial charge >= 0.3 is 5.97 Å². The van der Waals surface area contributed by atoms with Gasteiger partial charge < -0.3 is 10.0 Å². The normalized spacial score (nSPS) is 22.6. The van der Waals surface area contributed by atoms with E-state index in [-0.39, 0.29) is 11.9 Å². The molecule has 1 aromatic rings. The van der Waals surface area contributed by atoms with Gasteiger partial charge in [0.05, 0.1) is 11.5 Å².